The minimum atomic E-state index is -0.769. The van der Waals surface area contributed by atoms with Gasteiger partial charge in [-0.1, -0.05) is 290 Å². The number of allylic oxidation sites excluding steroid dienone is 2. The number of hydrogen-bond acceptors (Lipinski definition) is 6. The van der Waals surface area contributed by atoms with Gasteiger partial charge in [-0.15, -0.1) is 0 Å². The molecule has 0 aromatic carbocycles. The summed E-state index contributed by atoms with van der Waals surface area (Å²) in [6.07, 6.45) is 64.9. The number of carbonyl (C=O) groups is 3. The lowest BCUT2D eigenvalue weighted by Crippen LogP contribution is -2.30. The molecule has 0 heterocycles. The molecule has 0 radical (unpaired) electrons. The fourth-order valence-corrected chi connectivity index (χ4v) is 9.21. The average Bonchev–Trinajstić information content (AvgIpc) is 3.33. The lowest BCUT2D eigenvalue weighted by Gasteiger charge is -2.18. The third-order valence-electron chi connectivity index (χ3n) is 13.8. The maximum Gasteiger partial charge on any atom is 0.306 e. The van der Waals surface area contributed by atoms with Crippen LogP contribution in [0.3, 0.4) is 0 Å². The van der Waals surface area contributed by atoms with Crippen molar-refractivity contribution in [3.63, 3.8) is 0 Å². The fourth-order valence-electron chi connectivity index (χ4n) is 9.21. The molecule has 0 aliphatic heterocycles. The Kier molecular flexibility index (Phi) is 55.2. The molecule has 0 saturated heterocycles. The van der Waals surface area contributed by atoms with Gasteiger partial charge in [-0.05, 0) is 44.9 Å². The van der Waals surface area contributed by atoms with Crippen LogP contribution in [0.1, 0.15) is 342 Å². The highest BCUT2D eigenvalue weighted by atomic mass is 16.6. The summed E-state index contributed by atoms with van der Waals surface area (Å²) in [6, 6.07) is 0. The Balaban J connectivity index is 4.30. The molecular weight excluding hydrogens is 829 g/mol. The number of unbranched alkanes of at least 4 members (excludes halogenated alkanes) is 43. The summed E-state index contributed by atoms with van der Waals surface area (Å²) >= 11 is 0. The van der Waals surface area contributed by atoms with Crippen LogP contribution in [0.5, 0.6) is 0 Å². The second-order valence-corrected chi connectivity index (χ2v) is 20.6. The van der Waals surface area contributed by atoms with Crippen molar-refractivity contribution in [2.75, 3.05) is 13.2 Å². The molecule has 0 aliphatic rings. The number of rotatable bonds is 56. The molecule has 6 nitrogen and oxygen atoms in total. The van der Waals surface area contributed by atoms with Crippen molar-refractivity contribution in [2.24, 2.45) is 0 Å². The highest BCUT2D eigenvalue weighted by Gasteiger charge is 2.19. The van der Waals surface area contributed by atoms with E-state index in [-0.39, 0.29) is 31.1 Å². The predicted octanol–water partition coefficient (Wildman–Crippen LogP) is 20.1. The van der Waals surface area contributed by atoms with Crippen LogP contribution in [0.4, 0.5) is 0 Å². The fraction of sp³-hybridized carbons (Fsp3) is 0.918. The zero-order valence-corrected chi connectivity index (χ0v) is 45.5. The van der Waals surface area contributed by atoms with Gasteiger partial charge >= 0.3 is 17.9 Å². The quantitative estimate of drug-likeness (QED) is 0.0262. The van der Waals surface area contributed by atoms with E-state index in [9.17, 15) is 14.4 Å². The van der Waals surface area contributed by atoms with E-state index >= 15 is 0 Å². The molecule has 0 amide bonds. The molecular formula is C61H116O6. The van der Waals surface area contributed by atoms with Crippen LogP contribution in [-0.2, 0) is 28.6 Å². The SMILES string of the molecule is CCCCCCCC/C=C\CCCCCCCC(=O)O[C@H](COC(=O)CCCCCCCCCCCCCCCCC)COC(=O)CCCCCCCCCCCCCCCCCCCCC. The summed E-state index contributed by atoms with van der Waals surface area (Å²) in [5.74, 6) is -0.848. The number of esters is 3. The smallest absolute Gasteiger partial charge is 0.306 e. The van der Waals surface area contributed by atoms with E-state index in [1.54, 1.807) is 0 Å². The first kappa shape index (κ1) is 65.1. The van der Waals surface area contributed by atoms with E-state index in [2.05, 4.69) is 32.9 Å². The minimum absolute atomic E-state index is 0.0672. The minimum Gasteiger partial charge on any atom is -0.462 e. The molecule has 0 fully saturated rings. The van der Waals surface area contributed by atoms with Crippen LogP contribution in [0.25, 0.3) is 0 Å². The van der Waals surface area contributed by atoms with Crippen molar-refractivity contribution in [1.82, 2.24) is 0 Å². The highest BCUT2D eigenvalue weighted by molar-refractivity contribution is 5.71. The maximum absolute atomic E-state index is 12.9. The Morgan fingerprint density at radius 1 is 0.284 bits per heavy atom. The molecule has 1 atom stereocenters. The molecule has 0 aromatic heterocycles. The standard InChI is InChI=1S/C61H116O6/c1-4-7-10-13-16-19-22-25-28-29-30-31-34-36-39-42-45-48-51-54-60(63)66-57-58(67-61(64)55-52-49-46-43-40-37-33-27-24-21-18-15-12-9-6-3)56-65-59(62)53-50-47-44-41-38-35-32-26-23-20-17-14-11-8-5-2/h27,33,58H,4-26,28-32,34-57H2,1-3H3/b33-27-/t58-/m1/s1. The van der Waals surface area contributed by atoms with E-state index in [1.807, 2.05) is 0 Å². The Labute approximate surface area is 418 Å². The van der Waals surface area contributed by atoms with E-state index in [1.165, 1.54) is 238 Å². The third-order valence-corrected chi connectivity index (χ3v) is 13.8. The predicted molar refractivity (Wildman–Crippen MR) is 289 cm³/mol. The molecule has 0 saturated carbocycles. The summed E-state index contributed by atoms with van der Waals surface area (Å²) < 4.78 is 16.9. The summed E-state index contributed by atoms with van der Waals surface area (Å²) in [6.45, 7) is 6.69. The summed E-state index contributed by atoms with van der Waals surface area (Å²) in [4.78, 5) is 38.2. The molecule has 0 rings (SSSR count). The molecule has 0 N–H and O–H groups in total. The lowest BCUT2D eigenvalue weighted by molar-refractivity contribution is -0.167. The van der Waals surface area contributed by atoms with Gasteiger partial charge in [-0.2, -0.15) is 0 Å². The largest absolute Gasteiger partial charge is 0.462 e. The molecule has 0 bridgehead atoms. The van der Waals surface area contributed by atoms with Gasteiger partial charge in [0.05, 0.1) is 0 Å². The van der Waals surface area contributed by atoms with Crippen LogP contribution in [0.15, 0.2) is 12.2 Å². The van der Waals surface area contributed by atoms with Crippen LogP contribution in [0.2, 0.25) is 0 Å². The van der Waals surface area contributed by atoms with Crippen molar-refractivity contribution in [3.8, 4) is 0 Å². The topological polar surface area (TPSA) is 78.9 Å². The monoisotopic (exact) mass is 945 g/mol. The van der Waals surface area contributed by atoms with Gasteiger partial charge in [-0.25, -0.2) is 0 Å². The Morgan fingerprint density at radius 3 is 0.746 bits per heavy atom. The highest BCUT2D eigenvalue weighted by Crippen LogP contribution is 2.17. The van der Waals surface area contributed by atoms with Gasteiger partial charge in [0, 0.05) is 19.3 Å². The van der Waals surface area contributed by atoms with Gasteiger partial charge < -0.3 is 14.2 Å². The first-order chi connectivity index (χ1) is 33.0. The van der Waals surface area contributed by atoms with Crippen molar-refractivity contribution in [2.45, 2.75) is 348 Å². The normalized spacial score (nSPS) is 12.0. The van der Waals surface area contributed by atoms with Crippen LogP contribution in [-0.4, -0.2) is 37.2 Å². The first-order valence-electron chi connectivity index (χ1n) is 30.2. The Morgan fingerprint density at radius 2 is 0.493 bits per heavy atom. The van der Waals surface area contributed by atoms with Gasteiger partial charge in [0.2, 0.25) is 0 Å². The molecule has 0 spiro atoms. The number of hydrogen-bond donors (Lipinski definition) is 0. The molecule has 396 valence electrons. The molecule has 0 aromatic rings. The summed E-state index contributed by atoms with van der Waals surface area (Å²) in [5, 5.41) is 0. The van der Waals surface area contributed by atoms with Crippen molar-refractivity contribution in [3.05, 3.63) is 12.2 Å². The Hall–Kier alpha value is -1.85. The molecule has 6 heteroatoms. The molecule has 67 heavy (non-hydrogen) atoms. The zero-order valence-electron chi connectivity index (χ0n) is 45.5. The van der Waals surface area contributed by atoms with Gasteiger partial charge in [0.15, 0.2) is 6.10 Å². The second kappa shape index (κ2) is 56.7. The molecule has 0 aliphatic carbocycles. The van der Waals surface area contributed by atoms with Crippen LogP contribution >= 0.6 is 0 Å². The van der Waals surface area contributed by atoms with Crippen molar-refractivity contribution < 1.29 is 28.6 Å². The van der Waals surface area contributed by atoms with E-state index in [4.69, 9.17) is 14.2 Å². The lowest BCUT2D eigenvalue weighted by atomic mass is 10.0. The first-order valence-corrected chi connectivity index (χ1v) is 30.2. The van der Waals surface area contributed by atoms with Gasteiger partial charge in [-0.3, -0.25) is 14.4 Å². The number of ether oxygens (including phenoxy) is 3. The van der Waals surface area contributed by atoms with Crippen LogP contribution in [0, 0.1) is 0 Å². The zero-order chi connectivity index (χ0) is 48.6. The van der Waals surface area contributed by atoms with Crippen molar-refractivity contribution >= 4 is 17.9 Å². The molecule has 0 unspecified atom stereocenters. The summed E-state index contributed by atoms with van der Waals surface area (Å²) in [7, 11) is 0. The number of carbonyl (C=O) groups excluding carboxylic acids is 3. The van der Waals surface area contributed by atoms with Gasteiger partial charge in [0.25, 0.3) is 0 Å². The average molecular weight is 946 g/mol. The van der Waals surface area contributed by atoms with Crippen LogP contribution < -0.4 is 0 Å². The van der Waals surface area contributed by atoms with Gasteiger partial charge in [0.1, 0.15) is 13.2 Å². The third kappa shape index (κ3) is 55.0. The van der Waals surface area contributed by atoms with E-state index < -0.39 is 6.10 Å². The summed E-state index contributed by atoms with van der Waals surface area (Å²) in [5.41, 5.74) is 0. The van der Waals surface area contributed by atoms with E-state index in [0.717, 1.165) is 64.2 Å². The maximum atomic E-state index is 12.9. The second-order valence-electron chi connectivity index (χ2n) is 20.6. The Bertz CT molecular complexity index is 1040. The van der Waals surface area contributed by atoms with Crippen molar-refractivity contribution in [1.29, 1.82) is 0 Å². The van der Waals surface area contributed by atoms with E-state index in [0.29, 0.717) is 19.3 Å².